The van der Waals surface area contributed by atoms with Gasteiger partial charge in [-0.15, -0.1) is 13.2 Å². The number of rotatable bonds is 7. The van der Waals surface area contributed by atoms with Crippen molar-refractivity contribution in [1.82, 2.24) is 4.90 Å². The quantitative estimate of drug-likeness (QED) is 0.475. The Labute approximate surface area is 140 Å². The molecule has 3 saturated heterocycles. The van der Waals surface area contributed by atoms with Crippen LogP contribution in [0.5, 0.6) is 0 Å². The molecule has 3 heterocycles. The van der Waals surface area contributed by atoms with Crippen molar-refractivity contribution in [1.29, 1.82) is 0 Å². The van der Waals surface area contributed by atoms with Gasteiger partial charge in [-0.25, -0.2) is 0 Å². The van der Waals surface area contributed by atoms with E-state index in [-0.39, 0.29) is 0 Å². The van der Waals surface area contributed by atoms with Gasteiger partial charge in [-0.3, -0.25) is 4.90 Å². The van der Waals surface area contributed by atoms with Crippen LogP contribution in [-0.2, 0) is 6.54 Å². The van der Waals surface area contributed by atoms with Crippen LogP contribution in [0.1, 0.15) is 5.56 Å². The van der Waals surface area contributed by atoms with Gasteiger partial charge in [0.2, 0.25) is 0 Å². The number of quaternary nitrogens is 1. The normalized spacial score (nSPS) is 26.0. The highest BCUT2D eigenvalue weighted by Gasteiger charge is 2.38. The summed E-state index contributed by atoms with van der Waals surface area (Å²) in [5.74, 6) is 0. The van der Waals surface area contributed by atoms with Crippen molar-refractivity contribution in [2.45, 2.75) is 6.54 Å². The smallest absolute Gasteiger partial charge is 0.107 e. The molecule has 0 unspecified atom stereocenters. The average Bonchev–Trinajstić information content (AvgIpc) is 2.56. The Balaban J connectivity index is 1.89. The Hall–Kier alpha value is -1.78. The molecule has 1 aromatic rings. The average molecular weight is 313 g/mol. The van der Waals surface area contributed by atoms with E-state index in [1.165, 1.54) is 55.0 Å². The number of hydrogen-bond acceptors (Lipinski definition) is 3. The molecule has 4 rings (SSSR count). The third kappa shape index (κ3) is 3.43. The van der Waals surface area contributed by atoms with Crippen LogP contribution in [0.3, 0.4) is 0 Å². The van der Waals surface area contributed by atoms with Gasteiger partial charge in [0.15, 0.2) is 0 Å². The Kier molecular flexibility index (Phi) is 4.74. The van der Waals surface area contributed by atoms with E-state index in [0.29, 0.717) is 0 Å². The summed E-state index contributed by atoms with van der Waals surface area (Å²) in [5.41, 5.74) is 9.60. The second kappa shape index (κ2) is 6.77. The lowest BCUT2D eigenvalue weighted by Crippen LogP contribution is -2.66. The lowest BCUT2D eigenvalue weighted by molar-refractivity contribution is -0.953. The van der Waals surface area contributed by atoms with Crippen molar-refractivity contribution in [2.24, 2.45) is 0 Å². The van der Waals surface area contributed by atoms with Crippen LogP contribution in [0, 0.1) is 0 Å². The molecule has 0 saturated carbocycles. The number of piperazine rings is 3. The number of nitrogens with zero attached hydrogens (tertiary/aromatic N) is 3. The lowest BCUT2D eigenvalue weighted by Gasteiger charge is -2.50. The highest BCUT2D eigenvalue weighted by molar-refractivity contribution is 5.60. The minimum absolute atomic E-state index is 0.830. The zero-order valence-electron chi connectivity index (χ0n) is 14.1. The maximum absolute atomic E-state index is 6.10. The molecular weight excluding hydrogens is 284 g/mol. The molecule has 0 radical (unpaired) electrons. The molecule has 0 aromatic heterocycles. The molecule has 4 heteroatoms. The fourth-order valence-corrected chi connectivity index (χ4v) is 3.95. The maximum atomic E-state index is 6.10. The van der Waals surface area contributed by atoms with Crippen molar-refractivity contribution in [3.05, 3.63) is 49.1 Å². The van der Waals surface area contributed by atoms with E-state index in [4.69, 9.17) is 5.73 Å². The van der Waals surface area contributed by atoms with Crippen LogP contribution >= 0.6 is 0 Å². The van der Waals surface area contributed by atoms with Gasteiger partial charge in [-0.1, -0.05) is 12.2 Å². The predicted molar refractivity (Wildman–Crippen MR) is 98.5 cm³/mol. The summed E-state index contributed by atoms with van der Waals surface area (Å²) in [4.78, 5) is 4.91. The first kappa shape index (κ1) is 16.1. The molecule has 23 heavy (non-hydrogen) atoms. The monoisotopic (exact) mass is 313 g/mol. The summed E-state index contributed by atoms with van der Waals surface area (Å²) in [6.45, 7) is 18.0. The number of nitrogens with two attached hydrogens (primary N) is 1. The first-order chi connectivity index (χ1) is 11.2. The topological polar surface area (TPSA) is 32.5 Å². The largest absolute Gasteiger partial charge is 0.399 e. The SMILES string of the molecule is C=CCN(CC=C)c1ccc(N)cc1C[N+]12CCN(CC1)CC2. The zero-order chi connectivity index (χ0) is 16.3. The highest BCUT2D eigenvalue weighted by Crippen LogP contribution is 2.30. The first-order valence-corrected chi connectivity index (χ1v) is 8.58. The van der Waals surface area contributed by atoms with E-state index in [9.17, 15) is 0 Å². The van der Waals surface area contributed by atoms with Gasteiger partial charge < -0.3 is 15.1 Å². The van der Waals surface area contributed by atoms with Gasteiger partial charge in [0.25, 0.3) is 0 Å². The van der Waals surface area contributed by atoms with Gasteiger partial charge in [-0.2, -0.15) is 0 Å². The Morgan fingerprint density at radius 1 is 1.09 bits per heavy atom. The number of fused-ring (bicyclic) bond motifs is 3. The molecule has 2 N–H and O–H groups in total. The van der Waals surface area contributed by atoms with Crippen LogP contribution in [0.25, 0.3) is 0 Å². The Bertz CT molecular complexity index is 549. The fraction of sp³-hybridized carbons (Fsp3) is 0.474. The third-order valence-corrected chi connectivity index (χ3v) is 5.32. The van der Waals surface area contributed by atoms with Gasteiger partial charge in [-0.05, 0) is 18.2 Å². The van der Waals surface area contributed by atoms with E-state index in [1.807, 2.05) is 18.2 Å². The molecule has 1 aromatic carbocycles. The molecule has 2 bridgehead atoms. The molecule has 0 amide bonds. The van der Waals surface area contributed by atoms with Crippen molar-refractivity contribution >= 4 is 11.4 Å². The Morgan fingerprint density at radius 3 is 2.26 bits per heavy atom. The molecular formula is C19H29N4+. The number of benzene rings is 1. The van der Waals surface area contributed by atoms with Crippen molar-refractivity contribution in [3.8, 4) is 0 Å². The second-order valence-corrected chi connectivity index (χ2v) is 6.88. The number of hydrogen-bond donors (Lipinski definition) is 1. The fourth-order valence-electron chi connectivity index (χ4n) is 3.95. The second-order valence-electron chi connectivity index (χ2n) is 6.88. The minimum Gasteiger partial charge on any atom is -0.399 e. The lowest BCUT2D eigenvalue weighted by atomic mass is 10.0. The van der Waals surface area contributed by atoms with Crippen LogP contribution in [0.4, 0.5) is 11.4 Å². The van der Waals surface area contributed by atoms with Gasteiger partial charge in [0, 0.05) is 49.7 Å². The van der Waals surface area contributed by atoms with Crippen molar-refractivity contribution < 1.29 is 4.48 Å². The summed E-state index contributed by atoms with van der Waals surface area (Å²) in [5, 5.41) is 0. The Morgan fingerprint density at radius 2 is 1.70 bits per heavy atom. The highest BCUT2D eigenvalue weighted by atomic mass is 15.5. The summed E-state index contributed by atoms with van der Waals surface area (Å²) in [6.07, 6.45) is 3.91. The molecule has 0 spiro atoms. The van der Waals surface area contributed by atoms with E-state index >= 15 is 0 Å². The van der Waals surface area contributed by atoms with Crippen LogP contribution in [0.2, 0.25) is 0 Å². The third-order valence-electron chi connectivity index (χ3n) is 5.32. The summed E-state index contributed by atoms with van der Waals surface area (Å²) >= 11 is 0. The molecule has 0 aliphatic carbocycles. The zero-order valence-corrected chi connectivity index (χ0v) is 14.1. The maximum Gasteiger partial charge on any atom is 0.107 e. The van der Waals surface area contributed by atoms with Gasteiger partial charge in [0.05, 0.1) is 19.6 Å². The van der Waals surface area contributed by atoms with Gasteiger partial charge in [0.1, 0.15) is 6.54 Å². The number of anilines is 2. The van der Waals surface area contributed by atoms with Crippen LogP contribution < -0.4 is 10.6 Å². The predicted octanol–water partition coefficient (Wildman–Crippen LogP) is 2.09. The summed E-state index contributed by atoms with van der Waals surface area (Å²) < 4.78 is 1.21. The van der Waals surface area contributed by atoms with Crippen molar-refractivity contribution in [2.75, 3.05) is 63.0 Å². The van der Waals surface area contributed by atoms with E-state index < -0.39 is 0 Å². The molecule has 124 valence electrons. The van der Waals surface area contributed by atoms with Crippen LogP contribution in [-0.4, -0.2) is 61.7 Å². The molecule has 4 nitrogen and oxygen atoms in total. The molecule has 0 atom stereocenters. The summed E-state index contributed by atoms with van der Waals surface area (Å²) in [7, 11) is 0. The van der Waals surface area contributed by atoms with Crippen molar-refractivity contribution in [3.63, 3.8) is 0 Å². The van der Waals surface area contributed by atoms with Gasteiger partial charge >= 0.3 is 0 Å². The first-order valence-electron chi connectivity index (χ1n) is 8.58. The minimum atomic E-state index is 0.830. The molecule has 3 fully saturated rings. The standard InChI is InChI=1S/C19H29N4/c1-3-7-22(8-4-2)19-6-5-18(20)15-17(19)16-23-12-9-21(10-13-23)11-14-23/h3-6,15H,1-2,7-14,16,20H2/q+1. The summed E-state index contributed by atoms with van der Waals surface area (Å²) in [6, 6.07) is 6.34. The number of nitrogen functional groups attached to an aromatic ring is 1. The molecule has 3 aliphatic heterocycles. The van der Waals surface area contributed by atoms with E-state index in [0.717, 1.165) is 25.3 Å². The van der Waals surface area contributed by atoms with E-state index in [2.05, 4.69) is 35.1 Å². The van der Waals surface area contributed by atoms with E-state index in [1.54, 1.807) is 0 Å². The molecule has 3 aliphatic rings. The van der Waals surface area contributed by atoms with Crippen LogP contribution in [0.15, 0.2) is 43.5 Å².